The van der Waals surface area contributed by atoms with Crippen molar-refractivity contribution in [2.75, 3.05) is 12.4 Å². The summed E-state index contributed by atoms with van der Waals surface area (Å²) in [5.41, 5.74) is 13.5. The summed E-state index contributed by atoms with van der Waals surface area (Å²) in [6, 6.07) is 44.6. The van der Waals surface area contributed by atoms with Gasteiger partial charge in [-0.1, -0.05) is 153 Å². The van der Waals surface area contributed by atoms with Crippen LogP contribution in [0, 0.1) is 5.92 Å². The smallest absolute Gasteiger partial charge is 0.407 e. The average molecular weight is 754 g/mol. The normalized spacial score (nSPS) is 13.8. The second kappa shape index (κ2) is 18.1. The number of ketones is 1. The summed E-state index contributed by atoms with van der Waals surface area (Å²) in [5.74, 6) is -2.07. The topological polar surface area (TPSA) is 128 Å². The van der Waals surface area contributed by atoms with Crippen LogP contribution < -0.4 is 16.4 Å². The highest BCUT2D eigenvalue weighted by Crippen LogP contribution is 2.49. The standard InChI is InChI=1S/C46H47N3O5S/c1-3-40(48-44(52)41(4-2)49-45(53)54-29-39-37-26-16-14-24-35(37)36-25-15-17-27-38(36)39)42(50)28-31(43(47)51)30-55-46(32-18-8-5-9-19-32,33-20-10-6-11-21-33)34-22-12-7-13-23-34/h5-27,31,39-41H,3-4,28-30H2,1-2H3,(H2,47,51)(H,48,52)(H,49,53)/t31-,40-,41-/m1/s1. The zero-order valence-corrected chi connectivity index (χ0v) is 32.0. The van der Waals surface area contributed by atoms with E-state index in [4.69, 9.17) is 10.5 Å². The molecule has 4 N–H and O–H groups in total. The van der Waals surface area contributed by atoms with E-state index in [1.165, 1.54) is 0 Å². The quantitative estimate of drug-likeness (QED) is 0.0827. The second-order valence-corrected chi connectivity index (χ2v) is 15.0. The Morgan fingerprint density at radius 2 is 1.11 bits per heavy atom. The van der Waals surface area contributed by atoms with E-state index in [0.29, 0.717) is 6.42 Å². The summed E-state index contributed by atoms with van der Waals surface area (Å²) in [4.78, 5) is 53.3. The maximum atomic E-state index is 13.8. The highest BCUT2D eigenvalue weighted by molar-refractivity contribution is 8.00. The van der Waals surface area contributed by atoms with Gasteiger partial charge in [0.2, 0.25) is 11.8 Å². The molecule has 5 aromatic rings. The third-order valence-electron chi connectivity index (χ3n) is 10.4. The number of fused-ring (bicyclic) bond motifs is 3. The lowest BCUT2D eigenvalue weighted by molar-refractivity contribution is -0.131. The van der Waals surface area contributed by atoms with Gasteiger partial charge in [0.05, 0.1) is 16.7 Å². The Bertz CT molecular complexity index is 1950. The highest BCUT2D eigenvalue weighted by Gasteiger charge is 2.39. The summed E-state index contributed by atoms with van der Waals surface area (Å²) in [7, 11) is 0. The maximum Gasteiger partial charge on any atom is 0.407 e. The molecule has 0 fully saturated rings. The lowest BCUT2D eigenvalue weighted by Gasteiger charge is -2.36. The highest BCUT2D eigenvalue weighted by atomic mass is 32.2. The van der Waals surface area contributed by atoms with Crippen molar-refractivity contribution in [3.8, 4) is 11.1 Å². The summed E-state index contributed by atoms with van der Waals surface area (Å²) in [6.45, 7) is 3.68. The van der Waals surface area contributed by atoms with Crippen molar-refractivity contribution >= 4 is 35.5 Å². The number of rotatable bonds is 17. The number of alkyl carbamates (subject to hydrolysis) is 1. The minimum absolute atomic E-state index is 0.112. The van der Waals surface area contributed by atoms with Gasteiger partial charge in [-0.05, 0) is 51.8 Å². The zero-order valence-electron chi connectivity index (χ0n) is 31.2. The lowest BCUT2D eigenvalue weighted by Crippen LogP contribution is -2.51. The SMILES string of the molecule is CC[C@@H](NC(=O)[C@@H](CC)NC(=O)OCC1c2ccccc2-c2ccccc21)C(=O)C[C@H](CSC(c1ccccc1)(c1ccccc1)c1ccccc1)C(N)=O. The van der Waals surface area contributed by atoms with Crippen molar-refractivity contribution < 1.29 is 23.9 Å². The number of Topliss-reactive ketones (excluding diaryl/α,β-unsaturated/α-hetero) is 1. The molecule has 3 amide bonds. The minimum atomic E-state index is -0.928. The first-order valence-electron chi connectivity index (χ1n) is 18.8. The number of carbonyl (C=O) groups excluding carboxylic acids is 4. The monoisotopic (exact) mass is 753 g/mol. The first-order valence-corrected chi connectivity index (χ1v) is 19.8. The summed E-state index contributed by atoms with van der Waals surface area (Å²) in [5, 5.41) is 5.51. The van der Waals surface area contributed by atoms with Crippen LogP contribution in [0.15, 0.2) is 140 Å². The molecular formula is C46H47N3O5S. The van der Waals surface area contributed by atoms with Gasteiger partial charge in [-0.15, -0.1) is 11.8 Å². The van der Waals surface area contributed by atoms with Gasteiger partial charge in [0, 0.05) is 18.1 Å². The van der Waals surface area contributed by atoms with E-state index in [0.717, 1.165) is 38.9 Å². The molecule has 282 valence electrons. The summed E-state index contributed by atoms with van der Waals surface area (Å²) in [6.07, 6.45) is -0.284. The third kappa shape index (κ3) is 8.68. The fourth-order valence-corrected chi connectivity index (χ4v) is 9.08. The number of primary amides is 1. The van der Waals surface area contributed by atoms with Crippen molar-refractivity contribution in [3.05, 3.63) is 167 Å². The van der Waals surface area contributed by atoms with Gasteiger partial charge in [-0.25, -0.2) is 4.79 Å². The molecule has 0 bridgehead atoms. The van der Waals surface area contributed by atoms with Crippen LogP contribution in [-0.4, -0.2) is 48.1 Å². The van der Waals surface area contributed by atoms with E-state index in [1.807, 2.05) is 91.0 Å². The molecule has 3 atom stereocenters. The van der Waals surface area contributed by atoms with Gasteiger partial charge in [-0.2, -0.15) is 0 Å². The molecular weight excluding hydrogens is 707 g/mol. The number of ether oxygens (including phenoxy) is 1. The van der Waals surface area contributed by atoms with E-state index >= 15 is 0 Å². The van der Waals surface area contributed by atoms with E-state index in [2.05, 4.69) is 59.2 Å². The summed E-state index contributed by atoms with van der Waals surface area (Å²) < 4.78 is 4.98. The fourth-order valence-electron chi connectivity index (χ4n) is 7.44. The molecule has 0 aliphatic heterocycles. The molecule has 0 saturated heterocycles. The summed E-state index contributed by atoms with van der Waals surface area (Å²) >= 11 is 1.56. The molecule has 1 aliphatic carbocycles. The van der Waals surface area contributed by atoms with Gasteiger partial charge in [0.15, 0.2) is 5.78 Å². The molecule has 0 aromatic heterocycles. The molecule has 9 heteroatoms. The largest absolute Gasteiger partial charge is 0.449 e. The van der Waals surface area contributed by atoms with Gasteiger partial charge >= 0.3 is 6.09 Å². The van der Waals surface area contributed by atoms with E-state index in [9.17, 15) is 19.2 Å². The second-order valence-electron chi connectivity index (χ2n) is 13.8. The Morgan fingerprint density at radius 1 is 0.655 bits per heavy atom. The third-order valence-corrected chi connectivity index (χ3v) is 12.1. The zero-order chi connectivity index (χ0) is 38.8. The molecule has 1 aliphatic rings. The Balaban J connectivity index is 1.11. The Kier molecular flexibility index (Phi) is 12.8. The molecule has 6 rings (SSSR count). The molecule has 0 saturated carbocycles. The maximum absolute atomic E-state index is 13.8. The number of thioether (sulfide) groups is 1. The average Bonchev–Trinajstić information content (AvgIpc) is 3.55. The molecule has 0 spiro atoms. The molecule has 0 radical (unpaired) electrons. The lowest BCUT2D eigenvalue weighted by atomic mass is 9.84. The number of hydrogen-bond acceptors (Lipinski definition) is 6. The van der Waals surface area contributed by atoms with E-state index < -0.39 is 40.7 Å². The van der Waals surface area contributed by atoms with Crippen molar-refractivity contribution in [2.45, 2.75) is 55.9 Å². The number of amides is 3. The van der Waals surface area contributed by atoms with Crippen LogP contribution in [0.3, 0.4) is 0 Å². The Labute approximate surface area is 327 Å². The van der Waals surface area contributed by atoms with Crippen LogP contribution in [0.2, 0.25) is 0 Å². The number of nitrogens with two attached hydrogens (primary N) is 1. The fraction of sp³-hybridized carbons (Fsp3) is 0.261. The van der Waals surface area contributed by atoms with Crippen LogP contribution in [-0.2, 0) is 23.9 Å². The van der Waals surface area contributed by atoms with Gasteiger partial charge in [0.1, 0.15) is 12.6 Å². The first-order chi connectivity index (χ1) is 26.8. The van der Waals surface area contributed by atoms with Gasteiger partial charge in [-0.3, -0.25) is 14.4 Å². The van der Waals surface area contributed by atoms with Crippen LogP contribution in [0.5, 0.6) is 0 Å². The van der Waals surface area contributed by atoms with E-state index in [1.54, 1.807) is 25.6 Å². The van der Waals surface area contributed by atoms with Crippen LogP contribution in [0.25, 0.3) is 11.1 Å². The van der Waals surface area contributed by atoms with E-state index in [-0.39, 0.29) is 36.9 Å². The first kappa shape index (κ1) is 39.0. The van der Waals surface area contributed by atoms with Gasteiger partial charge < -0.3 is 21.1 Å². The van der Waals surface area contributed by atoms with Crippen molar-refractivity contribution in [1.29, 1.82) is 0 Å². The number of nitrogens with one attached hydrogen (secondary N) is 2. The van der Waals surface area contributed by atoms with Crippen molar-refractivity contribution in [2.24, 2.45) is 11.7 Å². The molecule has 0 unspecified atom stereocenters. The Hall–Kier alpha value is -5.67. The number of carbonyl (C=O) groups is 4. The molecule has 55 heavy (non-hydrogen) atoms. The number of hydrogen-bond donors (Lipinski definition) is 3. The van der Waals surface area contributed by atoms with Crippen LogP contribution in [0.4, 0.5) is 4.79 Å². The van der Waals surface area contributed by atoms with Crippen LogP contribution >= 0.6 is 11.8 Å². The van der Waals surface area contributed by atoms with Crippen LogP contribution in [0.1, 0.15) is 66.8 Å². The van der Waals surface area contributed by atoms with Crippen molar-refractivity contribution in [3.63, 3.8) is 0 Å². The van der Waals surface area contributed by atoms with Gasteiger partial charge in [0.25, 0.3) is 0 Å². The molecule has 8 nitrogen and oxygen atoms in total. The van der Waals surface area contributed by atoms with Crippen molar-refractivity contribution in [1.82, 2.24) is 10.6 Å². The predicted molar refractivity (Wildman–Crippen MR) is 218 cm³/mol. The Morgan fingerprint density at radius 3 is 1.56 bits per heavy atom. The molecule has 0 heterocycles. The molecule has 5 aromatic carbocycles. The predicted octanol–water partition coefficient (Wildman–Crippen LogP) is 7.98. The number of benzene rings is 5. The minimum Gasteiger partial charge on any atom is -0.449 e.